The second kappa shape index (κ2) is 9.11. The zero-order valence-electron chi connectivity index (χ0n) is 18.1. The number of halogens is 2. The Hall–Kier alpha value is -3.97. The number of carbonyl (C=O) groups excluding carboxylic acids is 1. The number of hydrogen-bond donors (Lipinski definition) is 2. The summed E-state index contributed by atoms with van der Waals surface area (Å²) in [6.45, 7) is 1.05. The summed E-state index contributed by atoms with van der Waals surface area (Å²) in [5.41, 5.74) is 11.4. The van der Waals surface area contributed by atoms with Crippen molar-refractivity contribution in [2.45, 2.75) is 6.42 Å². The topological polar surface area (TPSA) is 87.9 Å². The highest BCUT2D eigenvalue weighted by molar-refractivity contribution is 6.30. The first-order valence-electron chi connectivity index (χ1n) is 10.8. The molecule has 0 saturated heterocycles. The highest BCUT2D eigenvalue weighted by atomic mass is 35.5. The maximum atomic E-state index is 13.2. The Morgan fingerprint density at radius 3 is 2.65 bits per heavy atom. The Labute approximate surface area is 200 Å². The summed E-state index contributed by atoms with van der Waals surface area (Å²) < 4.78 is 13.2. The lowest BCUT2D eigenvalue weighted by atomic mass is 9.99. The van der Waals surface area contributed by atoms with Crippen LogP contribution in [0, 0.1) is 5.82 Å². The summed E-state index contributed by atoms with van der Waals surface area (Å²) in [6, 6.07) is 15.6. The molecule has 0 bridgehead atoms. The van der Waals surface area contributed by atoms with Gasteiger partial charge in [-0.1, -0.05) is 41.9 Å². The lowest BCUT2D eigenvalue weighted by Crippen LogP contribution is -2.34. The van der Waals surface area contributed by atoms with Gasteiger partial charge >= 0.3 is 0 Å². The van der Waals surface area contributed by atoms with Crippen LogP contribution in [0.1, 0.15) is 22.5 Å². The molecule has 3 heterocycles. The Bertz CT molecular complexity index is 1400. The van der Waals surface area contributed by atoms with E-state index in [0.29, 0.717) is 35.9 Å². The molecule has 2 aromatic carbocycles. The molecule has 0 spiro atoms. The van der Waals surface area contributed by atoms with Gasteiger partial charge in [0, 0.05) is 41.6 Å². The SMILES string of the molecule is Nc1ncc(-c2cccc(Cl)c2)c(-c2c[nH]c(C(=O)N3CC=C(c4ccc(F)cc4)CC3)c2)n1. The number of anilines is 1. The normalized spacial score (nSPS) is 13.6. The van der Waals surface area contributed by atoms with Gasteiger partial charge in [0.05, 0.1) is 5.69 Å². The third-order valence-corrected chi connectivity index (χ3v) is 6.08. The van der Waals surface area contributed by atoms with E-state index in [1.165, 1.54) is 12.1 Å². The van der Waals surface area contributed by atoms with Gasteiger partial charge in [0.25, 0.3) is 5.91 Å². The number of aromatic amines is 1. The molecule has 8 heteroatoms. The fraction of sp³-hybridized carbons (Fsp3) is 0.115. The van der Waals surface area contributed by atoms with E-state index in [-0.39, 0.29) is 17.7 Å². The number of nitrogen functional groups attached to an aromatic ring is 1. The average Bonchev–Trinajstić information content (AvgIpc) is 3.34. The van der Waals surface area contributed by atoms with Gasteiger partial charge < -0.3 is 15.6 Å². The molecule has 2 aromatic heterocycles. The van der Waals surface area contributed by atoms with Gasteiger partial charge in [0.15, 0.2) is 0 Å². The van der Waals surface area contributed by atoms with Crippen molar-refractivity contribution in [3.05, 3.63) is 95.2 Å². The van der Waals surface area contributed by atoms with Crippen LogP contribution in [0.15, 0.2) is 73.1 Å². The summed E-state index contributed by atoms with van der Waals surface area (Å²) in [4.78, 5) is 26.6. The van der Waals surface area contributed by atoms with Crippen molar-refractivity contribution in [2.24, 2.45) is 0 Å². The molecule has 0 aliphatic carbocycles. The number of benzene rings is 2. The molecule has 1 amide bonds. The first-order valence-corrected chi connectivity index (χ1v) is 11.2. The number of nitrogens with one attached hydrogen (secondary N) is 1. The molecule has 0 fully saturated rings. The Balaban J connectivity index is 1.38. The number of carbonyl (C=O) groups is 1. The molecular weight excluding hydrogens is 453 g/mol. The zero-order chi connectivity index (χ0) is 23.7. The van der Waals surface area contributed by atoms with Gasteiger partial charge in [-0.05, 0) is 53.5 Å². The summed E-state index contributed by atoms with van der Waals surface area (Å²) in [6.07, 6.45) is 6.12. The van der Waals surface area contributed by atoms with Crippen LogP contribution in [0.3, 0.4) is 0 Å². The van der Waals surface area contributed by atoms with Crippen molar-refractivity contribution < 1.29 is 9.18 Å². The van der Waals surface area contributed by atoms with Crippen molar-refractivity contribution in [2.75, 3.05) is 18.8 Å². The fourth-order valence-corrected chi connectivity index (χ4v) is 4.28. The first kappa shape index (κ1) is 21.9. The zero-order valence-corrected chi connectivity index (χ0v) is 18.9. The minimum absolute atomic E-state index is 0.105. The summed E-state index contributed by atoms with van der Waals surface area (Å²) in [7, 11) is 0. The lowest BCUT2D eigenvalue weighted by Gasteiger charge is -2.26. The summed E-state index contributed by atoms with van der Waals surface area (Å²) >= 11 is 6.17. The Morgan fingerprint density at radius 2 is 1.91 bits per heavy atom. The molecule has 5 rings (SSSR count). The van der Waals surface area contributed by atoms with Crippen LogP contribution in [-0.4, -0.2) is 38.8 Å². The Morgan fingerprint density at radius 1 is 1.09 bits per heavy atom. The highest BCUT2D eigenvalue weighted by Gasteiger charge is 2.22. The van der Waals surface area contributed by atoms with Crippen LogP contribution in [-0.2, 0) is 0 Å². The fourth-order valence-electron chi connectivity index (χ4n) is 4.09. The van der Waals surface area contributed by atoms with Crippen molar-refractivity contribution in [1.29, 1.82) is 0 Å². The molecule has 0 radical (unpaired) electrons. The number of nitrogens with zero attached hydrogens (tertiary/aromatic N) is 3. The van der Waals surface area contributed by atoms with E-state index >= 15 is 0 Å². The van der Waals surface area contributed by atoms with E-state index in [0.717, 1.165) is 27.8 Å². The van der Waals surface area contributed by atoms with E-state index in [2.05, 4.69) is 15.0 Å². The number of hydrogen-bond acceptors (Lipinski definition) is 4. The van der Waals surface area contributed by atoms with Gasteiger partial charge in [-0.25, -0.2) is 14.4 Å². The smallest absolute Gasteiger partial charge is 0.270 e. The number of nitrogens with two attached hydrogens (primary N) is 1. The number of rotatable bonds is 4. The molecule has 0 unspecified atom stereocenters. The maximum Gasteiger partial charge on any atom is 0.270 e. The van der Waals surface area contributed by atoms with E-state index in [1.54, 1.807) is 41.6 Å². The number of amides is 1. The van der Waals surface area contributed by atoms with Crippen molar-refractivity contribution in [3.63, 3.8) is 0 Å². The molecule has 6 nitrogen and oxygen atoms in total. The largest absolute Gasteiger partial charge is 0.368 e. The third kappa shape index (κ3) is 4.43. The average molecular weight is 474 g/mol. The lowest BCUT2D eigenvalue weighted by molar-refractivity contribution is 0.0767. The first-order chi connectivity index (χ1) is 16.5. The van der Waals surface area contributed by atoms with Crippen molar-refractivity contribution in [3.8, 4) is 22.4 Å². The molecule has 1 aliphatic rings. The summed E-state index contributed by atoms with van der Waals surface area (Å²) in [5, 5.41) is 0.600. The van der Waals surface area contributed by atoms with E-state index in [4.69, 9.17) is 17.3 Å². The van der Waals surface area contributed by atoms with Gasteiger partial charge in [-0.3, -0.25) is 4.79 Å². The van der Waals surface area contributed by atoms with Crippen LogP contribution < -0.4 is 5.73 Å². The maximum absolute atomic E-state index is 13.2. The van der Waals surface area contributed by atoms with E-state index < -0.39 is 0 Å². The van der Waals surface area contributed by atoms with Gasteiger partial charge in [-0.2, -0.15) is 0 Å². The predicted molar refractivity (Wildman–Crippen MR) is 132 cm³/mol. The molecule has 3 N–H and O–H groups in total. The molecule has 170 valence electrons. The van der Waals surface area contributed by atoms with E-state index in [9.17, 15) is 9.18 Å². The van der Waals surface area contributed by atoms with Crippen molar-refractivity contribution in [1.82, 2.24) is 19.9 Å². The molecule has 0 atom stereocenters. The van der Waals surface area contributed by atoms with E-state index in [1.807, 2.05) is 24.3 Å². The van der Waals surface area contributed by atoms with Crippen molar-refractivity contribution >= 4 is 29.0 Å². The van der Waals surface area contributed by atoms with Crippen LogP contribution in [0.5, 0.6) is 0 Å². The van der Waals surface area contributed by atoms with Gasteiger partial charge in [-0.15, -0.1) is 0 Å². The number of H-pyrrole nitrogens is 1. The quantitative estimate of drug-likeness (QED) is 0.413. The standard InChI is InChI=1S/C26H21ClFN5O/c27-20-3-1-2-18(12-20)22-15-31-26(29)32-24(22)19-13-23(30-14-19)25(34)33-10-8-17(9-11-33)16-4-6-21(28)7-5-16/h1-8,12-15,30H,9-11H2,(H2,29,31,32). The minimum Gasteiger partial charge on any atom is -0.368 e. The van der Waals surface area contributed by atoms with Crippen LogP contribution in [0.25, 0.3) is 28.0 Å². The minimum atomic E-state index is -0.261. The van der Waals surface area contributed by atoms with Gasteiger partial charge in [0.2, 0.25) is 5.95 Å². The second-order valence-electron chi connectivity index (χ2n) is 8.04. The summed E-state index contributed by atoms with van der Waals surface area (Å²) in [5.74, 6) is -0.222. The third-order valence-electron chi connectivity index (χ3n) is 5.84. The second-order valence-corrected chi connectivity index (χ2v) is 8.48. The highest BCUT2D eigenvalue weighted by Crippen LogP contribution is 2.32. The van der Waals surface area contributed by atoms with Crippen LogP contribution in [0.4, 0.5) is 10.3 Å². The monoisotopic (exact) mass is 473 g/mol. The molecule has 1 aliphatic heterocycles. The molecule has 0 saturated carbocycles. The van der Waals surface area contributed by atoms with Crippen LogP contribution in [0.2, 0.25) is 5.02 Å². The molecule has 34 heavy (non-hydrogen) atoms. The van der Waals surface area contributed by atoms with Gasteiger partial charge in [0.1, 0.15) is 11.5 Å². The molecular formula is C26H21ClFN5O. The van der Waals surface area contributed by atoms with Crippen LogP contribution >= 0.6 is 11.6 Å². The molecule has 4 aromatic rings. The number of aromatic nitrogens is 3. The Kier molecular flexibility index (Phi) is 5.86. The predicted octanol–water partition coefficient (Wildman–Crippen LogP) is 5.44.